The molecule has 288 valence electrons. The number of hydrogen-bond acceptors (Lipinski definition) is 3. The summed E-state index contributed by atoms with van der Waals surface area (Å²) in [6.45, 7) is 4.18. The summed E-state index contributed by atoms with van der Waals surface area (Å²) >= 11 is 0. The maximum Gasteiger partial charge on any atom is 0.160 e. The van der Waals surface area contributed by atoms with Crippen molar-refractivity contribution in [3.8, 4) is 67.3 Å². The van der Waals surface area contributed by atoms with E-state index in [0.717, 1.165) is 39.3 Å². The average molecular weight is 780 g/mol. The largest absolute Gasteiger partial charge is 0.256 e. The molecule has 0 saturated heterocycles. The zero-order valence-corrected chi connectivity index (χ0v) is 34.0. The maximum atomic E-state index is 5.26. The van der Waals surface area contributed by atoms with Gasteiger partial charge < -0.3 is 0 Å². The van der Waals surface area contributed by atoms with Crippen molar-refractivity contribution in [1.82, 2.24) is 15.0 Å². The molecular weight excluding hydrogens is 739 g/mol. The Morgan fingerprint density at radius 1 is 0.393 bits per heavy atom. The molecule has 1 unspecified atom stereocenters. The molecule has 11 rings (SSSR count). The van der Waals surface area contributed by atoms with E-state index in [9.17, 15) is 0 Å². The van der Waals surface area contributed by atoms with Crippen molar-refractivity contribution in [2.45, 2.75) is 19.3 Å². The van der Waals surface area contributed by atoms with Crippen molar-refractivity contribution >= 4 is 10.8 Å². The topological polar surface area (TPSA) is 38.7 Å². The Bertz CT molecular complexity index is 3270. The van der Waals surface area contributed by atoms with Crippen molar-refractivity contribution in [2.75, 3.05) is 0 Å². The Balaban J connectivity index is 1.06. The van der Waals surface area contributed by atoms with Gasteiger partial charge in [-0.1, -0.05) is 182 Å². The average Bonchev–Trinajstić information content (AvgIpc) is 3.63. The molecule has 0 amide bonds. The van der Waals surface area contributed by atoms with Crippen molar-refractivity contribution in [3.63, 3.8) is 0 Å². The highest BCUT2D eigenvalue weighted by Gasteiger charge is 2.47. The van der Waals surface area contributed by atoms with Crippen LogP contribution >= 0.6 is 0 Å². The van der Waals surface area contributed by atoms with Gasteiger partial charge in [0, 0.05) is 28.6 Å². The number of rotatable bonds is 7. The van der Waals surface area contributed by atoms with Gasteiger partial charge in [0.1, 0.15) is 0 Å². The Morgan fingerprint density at radius 2 is 1.03 bits per heavy atom. The van der Waals surface area contributed by atoms with E-state index in [4.69, 9.17) is 15.0 Å². The molecule has 0 radical (unpaired) electrons. The molecule has 2 aromatic heterocycles. The molecule has 0 spiro atoms. The van der Waals surface area contributed by atoms with Crippen molar-refractivity contribution < 1.29 is 0 Å². The first-order valence-corrected chi connectivity index (χ1v) is 20.9. The molecule has 2 heterocycles. The summed E-state index contributed by atoms with van der Waals surface area (Å²) in [7, 11) is 0. The van der Waals surface area contributed by atoms with E-state index in [2.05, 4.69) is 220 Å². The third kappa shape index (κ3) is 6.08. The second kappa shape index (κ2) is 14.8. The van der Waals surface area contributed by atoms with E-state index in [1.165, 1.54) is 66.4 Å². The van der Waals surface area contributed by atoms with Gasteiger partial charge in [-0.25, -0.2) is 9.97 Å². The molecule has 0 N–H and O–H groups in total. The molecule has 0 bridgehead atoms. The molecule has 1 aliphatic carbocycles. The van der Waals surface area contributed by atoms with Crippen molar-refractivity contribution in [1.29, 1.82) is 0 Å². The lowest BCUT2D eigenvalue weighted by molar-refractivity contribution is 0.768. The van der Waals surface area contributed by atoms with E-state index < -0.39 is 5.41 Å². The molecule has 1 atom stereocenters. The van der Waals surface area contributed by atoms with Crippen LogP contribution in [0.3, 0.4) is 0 Å². The number of aromatic nitrogens is 3. The summed E-state index contributed by atoms with van der Waals surface area (Å²) in [6, 6.07) is 74.5. The van der Waals surface area contributed by atoms with Gasteiger partial charge in [0.15, 0.2) is 5.82 Å². The Morgan fingerprint density at radius 3 is 1.89 bits per heavy atom. The quantitative estimate of drug-likeness (QED) is 0.162. The number of pyridine rings is 1. The van der Waals surface area contributed by atoms with Crippen LogP contribution in [-0.4, -0.2) is 15.0 Å². The summed E-state index contributed by atoms with van der Waals surface area (Å²) in [6.07, 6.45) is 1.91. The highest BCUT2D eigenvalue weighted by atomic mass is 14.9. The molecule has 3 nitrogen and oxygen atoms in total. The molecule has 1 aliphatic rings. The van der Waals surface area contributed by atoms with E-state index in [1.807, 2.05) is 6.20 Å². The standard InChI is InChI=1S/C58H41N3/c1-38-33-34-59-55(35-38)49-23-9-8-22-48(49)50-26-14-28-53-56(50)51-24-10-11-27-52(51)58(53,44-18-4-3-5-19-44)45-20-12-17-43(37-45)57-60-39(2)36-54(61-57)42-31-29-41(30-32-42)47-25-13-16-40-15-6-7-21-46(40)47/h3-37H,1-2H3. The van der Waals surface area contributed by atoms with Gasteiger partial charge in [0.2, 0.25) is 0 Å². The lowest BCUT2D eigenvalue weighted by Crippen LogP contribution is -2.28. The third-order valence-corrected chi connectivity index (χ3v) is 12.4. The van der Waals surface area contributed by atoms with Crippen LogP contribution in [0.1, 0.15) is 33.5 Å². The Labute approximate surface area is 356 Å². The zero-order valence-electron chi connectivity index (χ0n) is 34.0. The summed E-state index contributed by atoms with van der Waals surface area (Å²) in [4.78, 5) is 15.2. The molecule has 0 saturated carbocycles. The summed E-state index contributed by atoms with van der Waals surface area (Å²) in [5.41, 5.74) is 18.6. The highest BCUT2D eigenvalue weighted by Crippen LogP contribution is 2.59. The Hall–Kier alpha value is -7.75. The van der Waals surface area contributed by atoms with Crippen LogP contribution in [0.4, 0.5) is 0 Å². The first kappa shape index (κ1) is 36.3. The minimum Gasteiger partial charge on any atom is -0.256 e. The lowest BCUT2D eigenvalue weighted by atomic mass is 9.67. The second-order valence-corrected chi connectivity index (χ2v) is 16.1. The fourth-order valence-electron chi connectivity index (χ4n) is 9.69. The summed E-state index contributed by atoms with van der Waals surface area (Å²) in [5, 5.41) is 2.49. The van der Waals surface area contributed by atoms with Crippen LogP contribution in [-0.2, 0) is 5.41 Å². The van der Waals surface area contributed by atoms with E-state index in [1.54, 1.807) is 0 Å². The van der Waals surface area contributed by atoms with Crippen LogP contribution in [0.15, 0.2) is 212 Å². The molecule has 3 heteroatoms. The van der Waals surface area contributed by atoms with Gasteiger partial charge in [0.25, 0.3) is 0 Å². The minimum absolute atomic E-state index is 0.611. The van der Waals surface area contributed by atoms with Gasteiger partial charge in [0.05, 0.1) is 16.8 Å². The number of fused-ring (bicyclic) bond motifs is 4. The Kier molecular flexibility index (Phi) is 8.82. The summed E-state index contributed by atoms with van der Waals surface area (Å²) in [5.74, 6) is 0.707. The van der Waals surface area contributed by atoms with E-state index in [-0.39, 0.29) is 0 Å². The minimum atomic E-state index is -0.611. The first-order valence-electron chi connectivity index (χ1n) is 20.9. The summed E-state index contributed by atoms with van der Waals surface area (Å²) < 4.78 is 0. The zero-order chi connectivity index (χ0) is 40.9. The fourth-order valence-corrected chi connectivity index (χ4v) is 9.69. The molecular formula is C58H41N3. The highest BCUT2D eigenvalue weighted by molar-refractivity contribution is 5.99. The van der Waals surface area contributed by atoms with Crippen molar-refractivity contribution in [2.24, 2.45) is 0 Å². The predicted octanol–water partition coefficient (Wildman–Crippen LogP) is 14.3. The predicted molar refractivity (Wildman–Crippen MR) is 251 cm³/mol. The SMILES string of the molecule is Cc1ccnc(-c2ccccc2-c2cccc3c2-c2ccccc2C3(c2ccccc2)c2cccc(-c3nc(C)cc(-c4ccc(-c5cccc6ccccc56)cc4)n3)c2)c1. The number of hydrogen-bond donors (Lipinski definition) is 0. The molecule has 0 aliphatic heterocycles. The second-order valence-electron chi connectivity index (χ2n) is 16.1. The number of nitrogens with zero attached hydrogens (tertiary/aromatic N) is 3. The van der Waals surface area contributed by atoms with Gasteiger partial charge in [-0.15, -0.1) is 0 Å². The van der Waals surface area contributed by atoms with E-state index in [0.29, 0.717) is 5.82 Å². The smallest absolute Gasteiger partial charge is 0.160 e. The third-order valence-electron chi connectivity index (χ3n) is 12.4. The molecule has 8 aromatic carbocycles. The van der Waals surface area contributed by atoms with Crippen LogP contribution in [0.5, 0.6) is 0 Å². The maximum absolute atomic E-state index is 5.26. The van der Waals surface area contributed by atoms with Gasteiger partial charge in [-0.3, -0.25) is 4.98 Å². The van der Waals surface area contributed by atoms with Gasteiger partial charge >= 0.3 is 0 Å². The van der Waals surface area contributed by atoms with Gasteiger partial charge in [-0.05, 0) is 110 Å². The van der Waals surface area contributed by atoms with Crippen LogP contribution in [0.2, 0.25) is 0 Å². The first-order chi connectivity index (χ1) is 30.1. The normalized spacial score (nSPS) is 14.1. The van der Waals surface area contributed by atoms with Crippen LogP contribution in [0, 0.1) is 13.8 Å². The fraction of sp³-hybridized carbons (Fsp3) is 0.0517. The number of benzene rings is 8. The monoisotopic (exact) mass is 779 g/mol. The van der Waals surface area contributed by atoms with Crippen LogP contribution < -0.4 is 0 Å². The van der Waals surface area contributed by atoms with E-state index >= 15 is 0 Å². The molecule has 10 aromatic rings. The molecule has 61 heavy (non-hydrogen) atoms. The molecule has 0 fully saturated rings. The number of aryl methyl sites for hydroxylation is 2. The van der Waals surface area contributed by atoms with Gasteiger partial charge in [-0.2, -0.15) is 0 Å². The van der Waals surface area contributed by atoms with Crippen LogP contribution in [0.25, 0.3) is 78.1 Å². The lowest BCUT2D eigenvalue weighted by Gasteiger charge is -2.34. The van der Waals surface area contributed by atoms with Crippen molar-refractivity contribution in [3.05, 3.63) is 246 Å².